The molecule has 146 valence electrons. The summed E-state index contributed by atoms with van der Waals surface area (Å²) < 4.78 is 29.3. The highest BCUT2D eigenvalue weighted by Crippen LogP contribution is 2.32. The predicted molar refractivity (Wildman–Crippen MR) is 105 cm³/mol. The summed E-state index contributed by atoms with van der Waals surface area (Å²) >= 11 is 6.03. The first-order valence-electron chi connectivity index (χ1n) is 8.09. The molecule has 0 saturated heterocycles. The number of fused-ring (bicyclic) bond motifs is 1. The Labute approximate surface area is 165 Å². The second-order valence-electron chi connectivity index (χ2n) is 5.86. The van der Waals surface area contributed by atoms with Gasteiger partial charge < -0.3 is 10.5 Å². The Morgan fingerprint density at radius 2 is 1.89 bits per heavy atom. The van der Waals surface area contributed by atoms with Gasteiger partial charge in [-0.1, -0.05) is 23.7 Å². The van der Waals surface area contributed by atoms with Crippen molar-refractivity contribution < 1.29 is 22.7 Å². The van der Waals surface area contributed by atoms with Crippen LogP contribution in [0.1, 0.15) is 23.0 Å². The molecule has 0 saturated carbocycles. The van der Waals surface area contributed by atoms with Crippen molar-refractivity contribution in [1.82, 2.24) is 4.57 Å². The van der Waals surface area contributed by atoms with Gasteiger partial charge in [-0.2, -0.15) is 0 Å². The minimum absolute atomic E-state index is 0.00215. The van der Waals surface area contributed by atoms with Gasteiger partial charge in [0.1, 0.15) is 5.69 Å². The molecule has 0 radical (unpaired) electrons. The van der Waals surface area contributed by atoms with E-state index in [0.29, 0.717) is 15.9 Å². The van der Waals surface area contributed by atoms with Crippen LogP contribution in [-0.2, 0) is 14.8 Å². The van der Waals surface area contributed by atoms with Crippen LogP contribution in [0.4, 0.5) is 10.5 Å². The number of carbonyl (C=O) groups excluding carboxylic acids is 2. The number of anilines is 1. The van der Waals surface area contributed by atoms with Gasteiger partial charge in [-0.25, -0.2) is 22.9 Å². The van der Waals surface area contributed by atoms with Crippen LogP contribution in [0.25, 0.3) is 10.9 Å². The number of benzene rings is 2. The zero-order chi connectivity index (χ0) is 20.6. The molecule has 10 heteroatoms. The summed E-state index contributed by atoms with van der Waals surface area (Å²) in [6.45, 7) is 1.70. The molecule has 0 bridgehead atoms. The van der Waals surface area contributed by atoms with Gasteiger partial charge in [-0.05, 0) is 37.3 Å². The summed E-state index contributed by atoms with van der Waals surface area (Å²) in [6, 6.07) is 9.80. The first-order valence-corrected chi connectivity index (χ1v) is 10.0. The zero-order valence-corrected chi connectivity index (χ0v) is 16.3. The van der Waals surface area contributed by atoms with Crippen LogP contribution < -0.4 is 10.9 Å². The Kier molecular flexibility index (Phi) is 5.16. The fourth-order valence-corrected chi connectivity index (χ4v) is 3.56. The van der Waals surface area contributed by atoms with Crippen molar-refractivity contribution >= 4 is 50.1 Å². The van der Waals surface area contributed by atoms with Crippen LogP contribution in [0.5, 0.6) is 0 Å². The van der Waals surface area contributed by atoms with Crippen LogP contribution in [0, 0.1) is 0 Å². The third kappa shape index (κ3) is 3.47. The Bertz CT molecular complexity index is 1220. The highest BCUT2D eigenvalue weighted by atomic mass is 35.5. The van der Waals surface area contributed by atoms with Gasteiger partial charge in [0, 0.05) is 16.0 Å². The van der Waals surface area contributed by atoms with Gasteiger partial charge in [0.25, 0.3) is 0 Å². The Balaban J connectivity index is 2.28. The lowest BCUT2D eigenvalue weighted by Gasteiger charge is -2.10. The maximum atomic E-state index is 13.2. The number of nitrogens with zero attached hydrogens (tertiary/aromatic N) is 1. The van der Waals surface area contributed by atoms with E-state index in [1.165, 1.54) is 24.3 Å². The van der Waals surface area contributed by atoms with E-state index in [-0.39, 0.29) is 28.4 Å². The summed E-state index contributed by atoms with van der Waals surface area (Å²) in [4.78, 5) is 25.5. The standard InChI is InChI=1S/C18H16ClN3O5S/c1-2-27-18(24)22-14-9-11(19)6-7-13(14)15(20)16(22)17(23)10-4-3-5-12(8-10)28(21,25)26/h3-9H,2,20H2,1H3,(H2,21,25,26). The van der Waals surface area contributed by atoms with E-state index in [4.69, 9.17) is 27.2 Å². The van der Waals surface area contributed by atoms with Crippen LogP contribution in [0.2, 0.25) is 5.02 Å². The highest BCUT2D eigenvalue weighted by molar-refractivity contribution is 7.89. The van der Waals surface area contributed by atoms with E-state index in [1.807, 2.05) is 0 Å². The monoisotopic (exact) mass is 421 g/mol. The summed E-state index contributed by atoms with van der Waals surface area (Å²) in [6.07, 6.45) is -0.808. The third-order valence-electron chi connectivity index (χ3n) is 4.06. The molecule has 0 spiro atoms. The fourth-order valence-electron chi connectivity index (χ4n) is 2.84. The molecule has 3 aromatic rings. The van der Waals surface area contributed by atoms with Gasteiger partial charge in [0.2, 0.25) is 15.8 Å². The largest absolute Gasteiger partial charge is 0.449 e. The quantitative estimate of drug-likeness (QED) is 0.622. The molecule has 0 unspecified atom stereocenters. The molecule has 8 nitrogen and oxygen atoms in total. The van der Waals surface area contributed by atoms with Crippen molar-refractivity contribution in [2.24, 2.45) is 5.14 Å². The molecule has 0 aliphatic heterocycles. The van der Waals surface area contributed by atoms with Crippen molar-refractivity contribution in [2.75, 3.05) is 12.3 Å². The Morgan fingerprint density at radius 3 is 2.54 bits per heavy atom. The molecule has 3 rings (SSSR count). The second kappa shape index (κ2) is 7.27. The van der Waals surface area contributed by atoms with Crippen LogP contribution in [0.15, 0.2) is 47.4 Å². The number of ketones is 1. The van der Waals surface area contributed by atoms with Crippen molar-refractivity contribution in [3.05, 3.63) is 58.7 Å². The zero-order valence-electron chi connectivity index (χ0n) is 14.7. The molecular formula is C18H16ClN3O5S. The van der Waals surface area contributed by atoms with E-state index in [9.17, 15) is 18.0 Å². The molecule has 0 amide bonds. The first kappa shape index (κ1) is 19.9. The number of nitrogens with two attached hydrogens (primary N) is 2. The van der Waals surface area contributed by atoms with E-state index in [0.717, 1.165) is 10.6 Å². The summed E-state index contributed by atoms with van der Waals surface area (Å²) in [5, 5.41) is 5.90. The number of nitrogen functional groups attached to an aromatic ring is 1. The van der Waals surface area contributed by atoms with E-state index in [1.54, 1.807) is 19.1 Å². The summed E-state index contributed by atoms with van der Waals surface area (Å²) in [5.41, 5.74) is 6.34. The average Bonchev–Trinajstić information content (AvgIpc) is 2.92. The highest BCUT2D eigenvalue weighted by Gasteiger charge is 2.27. The lowest BCUT2D eigenvalue weighted by atomic mass is 10.1. The Morgan fingerprint density at radius 1 is 1.18 bits per heavy atom. The molecule has 0 aliphatic carbocycles. The lowest BCUT2D eigenvalue weighted by molar-refractivity contribution is 0.102. The smallest absolute Gasteiger partial charge is 0.419 e. The Hall–Kier alpha value is -2.88. The van der Waals surface area contributed by atoms with Gasteiger partial charge in [0.15, 0.2) is 0 Å². The normalized spacial score (nSPS) is 11.5. The number of sulfonamides is 1. The number of ether oxygens (including phenoxy) is 1. The van der Waals surface area contributed by atoms with Crippen molar-refractivity contribution in [2.45, 2.75) is 11.8 Å². The third-order valence-corrected chi connectivity index (χ3v) is 5.21. The number of hydrogen-bond acceptors (Lipinski definition) is 6. The minimum Gasteiger partial charge on any atom is -0.449 e. The van der Waals surface area contributed by atoms with E-state index in [2.05, 4.69) is 0 Å². The maximum Gasteiger partial charge on any atom is 0.419 e. The number of carbonyl (C=O) groups is 2. The topological polar surface area (TPSA) is 134 Å². The number of aromatic nitrogens is 1. The minimum atomic E-state index is -4.02. The van der Waals surface area contributed by atoms with Gasteiger partial charge >= 0.3 is 6.09 Å². The molecule has 0 fully saturated rings. The van der Waals surface area contributed by atoms with E-state index >= 15 is 0 Å². The molecule has 1 aromatic heterocycles. The van der Waals surface area contributed by atoms with Crippen LogP contribution in [0.3, 0.4) is 0 Å². The lowest BCUT2D eigenvalue weighted by Crippen LogP contribution is -2.20. The average molecular weight is 422 g/mol. The van der Waals surface area contributed by atoms with Gasteiger partial charge in [-0.15, -0.1) is 0 Å². The SMILES string of the molecule is CCOC(=O)n1c(C(=O)c2cccc(S(N)(=O)=O)c2)c(N)c2ccc(Cl)cc21. The molecule has 1 heterocycles. The molecular weight excluding hydrogens is 406 g/mol. The molecule has 0 aliphatic rings. The summed E-state index contributed by atoms with van der Waals surface area (Å²) in [5.74, 6) is -0.664. The van der Waals surface area contributed by atoms with Gasteiger partial charge in [-0.3, -0.25) is 4.79 Å². The van der Waals surface area contributed by atoms with E-state index < -0.39 is 21.9 Å². The fraction of sp³-hybridized carbons (Fsp3) is 0.111. The number of hydrogen-bond donors (Lipinski definition) is 2. The van der Waals surface area contributed by atoms with Crippen LogP contribution in [-0.4, -0.2) is 31.5 Å². The summed E-state index contributed by atoms with van der Waals surface area (Å²) in [7, 11) is -4.02. The maximum absolute atomic E-state index is 13.2. The molecule has 28 heavy (non-hydrogen) atoms. The number of rotatable bonds is 4. The first-order chi connectivity index (χ1) is 13.1. The molecule has 4 N–H and O–H groups in total. The van der Waals surface area contributed by atoms with Crippen molar-refractivity contribution in [3.8, 4) is 0 Å². The molecule has 0 atom stereocenters. The molecule has 2 aromatic carbocycles. The predicted octanol–water partition coefficient (Wildman–Crippen LogP) is 2.76. The number of halogens is 1. The van der Waals surface area contributed by atoms with Crippen molar-refractivity contribution in [1.29, 1.82) is 0 Å². The van der Waals surface area contributed by atoms with Crippen molar-refractivity contribution in [3.63, 3.8) is 0 Å². The second-order valence-corrected chi connectivity index (χ2v) is 7.86. The van der Waals surface area contributed by atoms with Gasteiger partial charge in [0.05, 0.1) is 22.7 Å². The number of primary sulfonamides is 1. The van der Waals surface area contributed by atoms with Crippen LogP contribution >= 0.6 is 11.6 Å².